The number of rotatable bonds is 7. The van der Waals surface area contributed by atoms with Gasteiger partial charge in [0.1, 0.15) is 0 Å². The third kappa shape index (κ3) is 5.04. The molecule has 2 N–H and O–H groups in total. The predicted molar refractivity (Wildman–Crippen MR) is 69.3 cm³/mol. The average Bonchev–Trinajstić information content (AvgIpc) is 3.06. The number of hydrogen-bond donors (Lipinski definition) is 2. The minimum atomic E-state index is 0.781. The van der Waals surface area contributed by atoms with E-state index in [1.165, 1.54) is 12.8 Å². The minimum Gasteiger partial charge on any atom is -0.329 e. The quantitative estimate of drug-likeness (QED) is 0.394. The topological polar surface area (TPSA) is 36.4 Å². The van der Waals surface area contributed by atoms with E-state index in [0.29, 0.717) is 0 Å². The first-order chi connectivity index (χ1) is 7.30. The summed E-state index contributed by atoms with van der Waals surface area (Å²) < 4.78 is 3.31. The largest absolute Gasteiger partial charge is 0.329 e. The fraction of sp³-hybridized carbons (Fsp3) is 0.545. The van der Waals surface area contributed by atoms with Crippen LogP contribution in [0.25, 0.3) is 0 Å². The molecule has 0 amide bonds. The molecule has 0 spiro atoms. The fourth-order valence-electron chi connectivity index (χ4n) is 1.02. The summed E-state index contributed by atoms with van der Waals surface area (Å²) in [5, 5.41) is 3.87. The van der Waals surface area contributed by atoms with E-state index < -0.39 is 0 Å². The zero-order valence-corrected chi connectivity index (χ0v) is 10.2. The molecule has 0 bridgehead atoms. The van der Waals surface area contributed by atoms with Gasteiger partial charge in [-0.05, 0) is 44.0 Å². The maximum absolute atomic E-state index is 4.19. The third-order valence-corrected chi connectivity index (χ3v) is 3.21. The van der Waals surface area contributed by atoms with Crippen LogP contribution in [-0.2, 0) is 0 Å². The standard InChI is InChI=1S/C11H19N3S/c1-4-9(14-15-11-5-6-11)7-10(13-3)8-12-2/h4,7,11-12,14H,1,5-6,8H2,2-3H3/b9-7+,13-10?. The molecule has 0 heterocycles. The number of nitrogens with one attached hydrogen (secondary N) is 2. The summed E-state index contributed by atoms with van der Waals surface area (Å²) in [6.45, 7) is 4.57. The van der Waals surface area contributed by atoms with Crippen LogP contribution in [0.2, 0.25) is 0 Å². The number of hydrogen-bond acceptors (Lipinski definition) is 4. The molecule has 1 saturated carbocycles. The smallest absolute Gasteiger partial charge is 0.0503 e. The number of allylic oxidation sites excluding steroid dienone is 1. The molecule has 0 aromatic rings. The molecule has 1 aliphatic carbocycles. The second-order valence-corrected chi connectivity index (χ2v) is 4.57. The highest BCUT2D eigenvalue weighted by molar-refractivity contribution is 7.98. The molecule has 0 aromatic heterocycles. The Hall–Kier alpha value is -0.740. The molecule has 3 nitrogen and oxygen atoms in total. The van der Waals surface area contributed by atoms with Gasteiger partial charge in [-0.3, -0.25) is 4.99 Å². The van der Waals surface area contributed by atoms with Crippen molar-refractivity contribution in [3.63, 3.8) is 0 Å². The highest BCUT2D eigenvalue weighted by atomic mass is 32.2. The maximum Gasteiger partial charge on any atom is 0.0503 e. The van der Waals surface area contributed by atoms with Crippen molar-refractivity contribution >= 4 is 17.7 Å². The first-order valence-electron chi connectivity index (χ1n) is 5.16. The Bertz CT molecular complexity index is 267. The summed E-state index contributed by atoms with van der Waals surface area (Å²) in [4.78, 5) is 4.19. The second-order valence-electron chi connectivity index (χ2n) is 3.47. The Morgan fingerprint density at radius 3 is 2.80 bits per heavy atom. The monoisotopic (exact) mass is 225 g/mol. The molecule has 1 rings (SSSR count). The van der Waals surface area contributed by atoms with E-state index in [4.69, 9.17) is 0 Å². The van der Waals surface area contributed by atoms with Crippen LogP contribution in [0.1, 0.15) is 12.8 Å². The van der Waals surface area contributed by atoms with Crippen molar-refractivity contribution in [2.75, 3.05) is 20.6 Å². The van der Waals surface area contributed by atoms with Crippen LogP contribution in [0.5, 0.6) is 0 Å². The van der Waals surface area contributed by atoms with Crippen LogP contribution >= 0.6 is 11.9 Å². The van der Waals surface area contributed by atoms with Crippen LogP contribution in [-0.4, -0.2) is 31.6 Å². The van der Waals surface area contributed by atoms with Gasteiger partial charge in [0, 0.05) is 24.5 Å². The Labute approximate surface area is 96.3 Å². The van der Waals surface area contributed by atoms with Crippen LogP contribution in [0, 0.1) is 0 Å². The lowest BCUT2D eigenvalue weighted by molar-refractivity contribution is 0.945. The number of aliphatic imine (C=N–C) groups is 1. The highest BCUT2D eigenvalue weighted by Gasteiger charge is 2.21. The van der Waals surface area contributed by atoms with Gasteiger partial charge in [0.25, 0.3) is 0 Å². The normalized spacial score (nSPS) is 17.7. The van der Waals surface area contributed by atoms with Gasteiger partial charge in [-0.2, -0.15) is 0 Å². The Morgan fingerprint density at radius 2 is 2.33 bits per heavy atom. The van der Waals surface area contributed by atoms with E-state index in [9.17, 15) is 0 Å². The first-order valence-corrected chi connectivity index (χ1v) is 6.04. The summed E-state index contributed by atoms with van der Waals surface area (Å²) in [7, 11) is 3.72. The molecule has 4 heteroatoms. The van der Waals surface area contributed by atoms with E-state index in [1.54, 1.807) is 19.0 Å². The predicted octanol–water partition coefficient (Wildman–Crippen LogP) is 1.75. The molecule has 0 aromatic carbocycles. The lowest BCUT2D eigenvalue weighted by Gasteiger charge is -2.06. The van der Waals surface area contributed by atoms with Crippen LogP contribution in [0.15, 0.2) is 29.4 Å². The zero-order chi connectivity index (χ0) is 11.1. The summed E-state index contributed by atoms with van der Waals surface area (Å²) >= 11 is 1.78. The maximum atomic E-state index is 4.19. The van der Waals surface area contributed by atoms with Crippen molar-refractivity contribution in [3.8, 4) is 0 Å². The molecule has 0 radical (unpaired) electrons. The van der Waals surface area contributed by atoms with Gasteiger partial charge >= 0.3 is 0 Å². The lowest BCUT2D eigenvalue weighted by atomic mass is 10.3. The van der Waals surface area contributed by atoms with Crippen LogP contribution in [0.3, 0.4) is 0 Å². The minimum absolute atomic E-state index is 0.781. The molecule has 0 unspecified atom stereocenters. The van der Waals surface area contributed by atoms with E-state index in [-0.39, 0.29) is 0 Å². The van der Waals surface area contributed by atoms with Gasteiger partial charge in [0.2, 0.25) is 0 Å². The first kappa shape index (κ1) is 12.3. The molecule has 1 aliphatic rings. The van der Waals surface area contributed by atoms with Gasteiger partial charge in [-0.15, -0.1) is 0 Å². The lowest BCUT2D eigenvalue weighted by Crippen LogP contribution is -2.18. The number of nitrogens with zero attached hydrogens (tertiary/aromatic N) is 1. The Morgan fingerprint density at radius 1 is 1.60 bits per heavy atom. The van der Waals surface area contributed by atoms with E-state index in [1.807, 2.05) is 19.2 Å². The Balaban J connectivity index is 2.45. The van der Waals surface area contributed by atoms with Crippen molar-refractivity contribution in [2.45, 2.75) is 18.1 Å². The van der Waals surface area contributed by atoms with Gasteiger partial charge in [0.15, 0.2) is 0 Å². The molecular formula is C11H19N3S. The highest BCUT2D eigenvalue weighted by Crippen LogP contribution is 2.32. The SMILES string of the molecule is C=C/C(=C\C(CNC)=NC)NSC1CC1. The van der Waals surface area contributed by atoms with Gasteiger partial charge < -0.3 is 10.0 Å². The van der Waals surface area contributed by atoms with Crippen molar-refractivity contribution in [3.05, 3.63) is 24.4 Å². The van der Waals surface area contributed by atoms with E-state index in [0.717, 1.165) is 23.2 Å². The summed E-state index contributed by atoms with van der Waals surface area (Å²) in [6.07, 6.45) is 6.51. The molecule has 0 saturated heterocycles. The van der Waals surface area contributed by atoms with Crippen LogP contribution in [0.4, 0.5) is 0 Å². The Kier molecular flexibility index (Phi) is 5.50. The molecule has 0 aliphatic heterocycles. The molecule has 15 heavy (non-hydrogen) atoms. The zero-order valence-electron chi connectivity index (χ0n) is 9.42. The van der Waals surface area contributed by atoms with Crippen molar-refractivity contribution in [2.24, 2.45) is 4.99 Å². The van der Waals surface area contributed by atoms with Crippen molar-refractivity contribution in [1.82, 2.24) is 10.0 Å². The van der Waals surface area contributed by atoms with E-state index in [2.05, 4.69) is 21.6 Å². The van der Waals surface area contributed by atoms with Crippen LogP contribution < -0.4 is 10.0 Å². The summed E-state index contributed by atoms with van der Waals surface area (Å²) in [5.74, 6) is 0. The molecule has 0 atom stereocenters. The van der Waals surface area contributed by atoms with Gasteiger partial charge in [-0.1, -0.05) is 6.58 Å². The molecule has 84 valence electrons. The average molecular weight is 225 g/mol. The van der Waals surface area contributed by atoms with E-state index >= 15 is 0 Å². The summed E-state index contributed by atoms with van der Waals surface area (Å²) in [6, 6.07) is 0. The van der Waals surface area contributed by atoms with Crippen molar-refractivity contribution < 1.29 is 0 Å². The summed E-state index contributed by atoms with van der Waals surface area (Å²) in [5.41, 5.74) is 2.05. The molecular weight excluding hydrogens is 206 g/mol. The third-order valence-electron chi connectivity index (χ3n) is 2.05. The molecule has 1 fully saturated rings. The second kappa shape index (κ2) is 6.69. The fourth-order valence-corrected chi connectivity index (χ4v) is 1.84. The van der Waals surface area contributed by atoms with Crippen molar-refractivity contribution in [1.29, 1.82) is 0 Å². The van der Waals surface area contributed by atoms with Gasteiger partial charge in [0.05, 0.1) is 5.71 Å². The van der Waals surface area contributed by atoms with Gasteiger partial charge in [-0.25, -0.2) is 0 Å².